The van der Waals surface area contributed by atoms with Crippen molar-refractivity contribution in [3.05, 3.63) is 28.8 Å². The number of hydrogen-bond acceptors (Lipinski definition) is 4. The second-order valence-electron chi connectivity index (χ2n) is 6.54. The highest BCUT2D eigenvalue weighted by molar-refractivity contribution is 8.01. The molecule has 0 spiro atoms. The third-order valence-electron chi connectivity index (χ3n) is 4.81. The van der Waals surface area contributed by atoms with Crippen LogP contribution in [0.2, 0.25) is 0 Å². The molecule has 2 N–H and O–H groups in total. The van der Waals surface area contributed by atoms with Crippen LogP contribution in [0.1, 0.15) is 41.3 Å². The summed E-state index contributed by atoms with van der Waals surface area (Å²) in [5.74, 6) is -0.717. The zero-order valence-corrected chi connectivity index (χ0v) is 14.7. The Kier molecular flexibility index (Phi) is 4.07. The van der Waals surface area contributed by atoms with Crippen LogP contribution in [-0.4, -0.2) is 44.5 Å². The van der Waals surface area contributed by atoms with Gasteiger partial charge in [-0.05, 0) is 44.4 Å². The largest absolute Gasteiger partial charge is 0.478 e. The molecular weight excluding hydrogens is 328 g/mol. The highest BCUT2D eigenvalue weighted by atomic mass is 32.2. The molecular formula is C17H20N2O4S. The van der Waals surface area contributed by atoms with Gasteiger partial charge in [-0.3, -0.25) is 9.59 Å². The van der Waals surface area contributed by atoms with Crippen LogP contribution in [-0.2, 0) is 9.59 Å². The van der Waals surface area contributed by atoms with E-state index in [9.17, 15) is 19.5 Å². The number of carbonyl (C=O) groups excluding carboxylic acids is 2. The van der Waals surface area contributed by atoms with Gasteiger partial charge in [0.25, 0.3) is 0 Å². The molecule has 7 heteroatoms. The molecule has 2 aliphatic heterocycles. The van der Waals surface area contributed by atoms with Crippen LogP contribution >= 0.6 is 11.8 Å². The van der Waals surface area contributed by atoms with Gasteiger partial charge in [-0.25, -0.2) is 4.79 Å². The van der Waals surface area contributed by atoms with E-state index in [1.54, 1.807) is 29.7 Å². The highest BCUT2D eigenvalue weighted by Crippen LogP contribution is 2.47. The van der Waals surface area contributed by atoms with Crippen molar-refractivity contribution >= 4 is 35.2 Å². The molecule has 2 amide bonds. The molecule has 2 fully saturated rings. The van der Waals surface area contributed by atoms with Crippen molar-refractivity contribution in [2.45, 2.75) is 44.5 Å². The average Bonchev–Trinajstić information content (AvgIpc) is 2.98. The molecule has 2 unspecified atom stereocenters. The molecule has 2 atom stereocenters. The van der Waals surface area contributed by atoms with Crippen LogP contribution in [0.15, 0.2) is 12.1 Å². The van der Waals surface area contributed by atoms with Crippen molar-refractivity contribution in [2.24, 2.45) is 0 Å². The number of benzene rings is 1. The third kappa shape index (κ3) is 2.66. The van der Waals surface area contributed by atoms with Crippen LogP contribution in [0, 0.1) is 13.8 Å². The normalized spacial score (nSPS) is 25.7. The highest BCUT2D eigenvalue weighted by Gasteiger charge is 2.52. The Morgan fingerprint density at radius 2 is 2.04 bits per heavy atom. The summed E-state index contributed by atoms with van der Waals surface area (Å²) in [4.78, 5) is 37.5. The summed E-state index contributed by atoms with van der Waals surface area (Å²) < 4.78 is 0. The lowest BCUT2D eigenvalue weighted by Gasteiger charge is -2.30. The van der Waals surface area contributed by atoms with E-state index in [0.29, 0.717) is 23.4 Å². The van der Waals surface area contributed by atoms with Crippen LogP contribution in [0.5, 0.6) is 0 Å². The molecule has 0 bridgehead atoms. The number of aromatic carboxylic acids is 1. The first-order chi connectivity index (χ1) is 11.2. The Morgan fingerprint density at radius 3 is 2.71 bits per heavy atom. The van der Waals surface area contributed by atoms with Crippen molar-refractivity contribution in [1.82, 2.24) is 4.90 Å². The van der Waals surface area contributed by atoms with E-state index in [0.717, 1.165) is 12.0 Å². The molecule has 0 aromatic heterocycles. The van der Waals surface area contributed by atoms with E-state index in [4.69, 9.17) is 0 Å². The van der Waals surface area contributed by atoms with Crippen LogP contribution < -0.4 is 5.32 Å². The molecule has 6 nitrogen and oxygen atoms in total. The third-order valence-corrected chi connectivity index (χ3v) is 6.31. The van der Waals surface area contributed by atoms with E-state index < -0.39 is 12.0 Å². The summed E-state index contributed by atoms with van der Waals surface area (Å²) >= 11 is 1.63. The summed E-state index contributed by atoms with van der Waals surface area (Å²) in [5, 5.41) is 12.1. The van der Waals surface area contributed by atoms with Crippen molar-refractivity contribution in [1.29, 1.82) is 0 Å². The van der Waals surface area contributed by atoms with Crippen LogP contribution in [0.3, 0.4) is 0 Å². The molecule has 1 aromatic rings. The van der Waals surface area contributed by atoms with E-state index in [1.807, 2.05) is 13.8 Å². The van der Waals surface area contributed by atoms with Gasteiger partial charge in [0.05, 0.1) is 10.4 Å². The quantitative estimate of drug-likeness (QED) is 0.876. The predicted octanol–water partition coefficient (Wildman–Crippen LogP) is 2.39. The lowest BCUT2D eigenvalue weighted by atomic mass is 10.0. The Balaban J connectivity index is 1.84. The number of carboxylic acids is 1. The molecule has 0 saturated carbocycles. The Labute approximate surface area is 144 Å². The maximum Gasteiger partial charge on any atom is 0.336 e. The number of nitrogens with one attached hydrogen (secondary N) is 1. The summed E-state index contributed by atoms with van der Waals surface area (Å²) in [6.07, 6.45) is 1.23. The van der Waals surface area contributed by atoms with Crippen molar-refractivity contribution in [2.75, 3.05) is 11.1 Å². The molecule has 128 valence electrons. The number of carbonyl (C=O) groups is 3. The summed E-state index contributed by atoms with van der Waals surface area (Å²) in [6, 6.07) is 2.72. The Morgan fingerprint density at radius 1 is 1.33 bits per heavy atom. The minimum Gasteiger partial charge on any atom is -0.478 e. The standard InChI is InChI=1S/C17H20N2O4S/c1-9-6-10(2)12(7-11(9)16(22)23)18-15(21)13-8-24-17(3)5-4-14(20)19(13)17/h6-7,13H,4-5,8H2,1-3H3,(H,18,21)(H,22,23). The first-order valence-corrected chi connectivity index (χ1v) is 8.83. The molecule has 3 rings (SSSR count). The van der Waals surface area contributed by atoms with E-state index in [-0.39, 0.29) is 22.2 Å². The van der Waals surface area contributed by atoms with Crippen molar-refractivity contribution < 1.29 is 19.5 Å². The van der Waals surface area contributed by atoms with Crippen molar-refractivity contribution in [3.8, 4) is 0 Å². The molecule has 24 heavy (non-hydrogen) atoms. The maximum atomic E-state index is 12.7. The topological polar surface area (TPSA) is 86.7 Å². The second-order valence-corrected chi connectivity index (χ2v) is 8.04. The first kappa shape index (κ1) is 16.8. The number of anilines is 1. The van der Waals surface area contributed by atoms with Crippen LogP contribution in [0.4, 0.5) is 5.69 Å². The van der Waals surface area contributed by atoms with Gasteiger partial charge in [-0.1, -0.05) is 6.07 Å². The number of amides is 2. The first-order valence-electron chi connectivity index (χ1n) is 7.84. The maximum absolute atomic E-state index is 12.7. The van der Waals surface area contributed by atoms with Gasteiger partial charge in [0, 0.05) is 17.9 Å². The molecule has 1 aromatic carbocycles. The van der Waals surface area contributed by atoms with Gasteiger partial charge < -0.3 is 15.3 Å². The number of nitrogens with zero attached hydrogens (tertiary/aromatic N) is 1. The lowest BCUT2D eigenvalue weighted by Crippen LogP contribution is -2.48. The summed E-state index contributed by atoms with van der Waals surface area (Å²) in [5.41, 5.74) is 2.09. The number of fused-ring (bicyclic) bond motifs is 1. The average molecular weight is 348 g/mol. The van der Waals surface area contributed by atoms with Gasteiger partial charge in [-0.15, -0.1) is 11.8 Å². The Hall–Kier alpha value is -2.02. The minimum atomic E-state index is -1.03. The van der Waals surface area contributed by atoms with E-state index >= 15 is 0 Å². The summed E-state index contributed by atoms with van der Waals surface area (Å²) in [6.45, 7) is 5.54. The van der Waals surface area contributed by atoms with E-state index in [2.05, 4.69) is 5.32 Å². The molecule has 0 aliphatic carbocycles. The number of aryl methyl sites for hydroxylation is 2. The number of thioether (sulfide) groups is 1. The number of rotatable bonds is 3. The van der Waals surface area contributed by atoms with Gasteiger partial charge in [0.1, 0.15) is 6.04 Å². The zero-order valence-electron chi connectivity index (χ0n) is 13.9. The number of carboxylic acid groups (broad SMARTS) is 1. The zero-order chi connectivity index (χ0) is 17.6. The molecule has 2 saturated heterocycles. The van der Waals surface area contributed by atoms with Crippen molar-refractivity contribution in [3.63, 3.8) is 0 Å². The fourth-order valence-corrected chi connectivity index (χ4v) is 4.88. The minimum absolute atomic E-state index is 0.00880. The second kappa shape index (κ2) is 5.81. The van der Waals surface area contributed by atoms with Crippen LogP contribution in [0.25, 0.3) is 0 Å². The van der Waals surface area contributed by atoms with Gasteiger partial charge in [0.2, 0.25) is 11.8 Å². The predicted molar refractivity (Wildman–Crippen MR) is 92.2 cm³/mol. The van der Waals surface area contributed by atoms with E-state index in [1.165, 1.54) is 6.07 Å². The molecule has 2 aliphatic rings. The van der Waals surface area contributed by atoms with Gasteiger partial charge >= 0.3 is 5.97 Å². The molecule has 0 radical (unpaired) electrons. The lowest BCUT2D eigenvalue weighted by molar-refractivity contribution is -0.135. The summed E-state index contributed by atoms with van der Waals surface area (Å²) in [7, 11) is 0. The van der Waals surface area contributed by atoms with Gasteiger partial charge in [0.15, 0.2) is 0 Å². The van der Waals surface area contributed by atoms with Gasteiger partial charge in [-0.2, -0.15) is 0 Å². The fourth-order valence-electron chi connectivity index (χ4n) is 3.45. The molecule has 2 heterocycles. The monoisotopic (exact) mass is 348 g/mol. The Bertz CT molecular complexity index is 748. The SMILES string of the molecule is Cc1cc(C)c(C(=O)O)cc1NC(=O)C1CSC2(C)CCC(=O)N12. The number of hydrogen-bond donors (Lipinski definition) is 2. The smallest absolute Gasteiger partial charge is 0.336 e. The fraction of sp³-hybridized carbons (Fsp3) is 0.471.